The van der Waals surface area contributed by atoms with Crippen LogP contribution in [0.4, 0.5) is 11.4 Å². The highest BCUT2D eigenvalue weighted by Crippen LogP contribution is 2.38. The number of rotatable bonds is 4. The third-order valence-electron chi connectivity index (χ3n) is 4.02. The molecular weight excluding hydrogens is 382 g/mol. The molecule has 8 nitrogen and oxygen atoms in total. The minimum absolute atomic E-state index is 0.0476. The van der Waals surface area contributed by atoms with Gasteiger partial charge in [-0.1, -0.05) is 17.7 Å². The number of hydrogen-bond acceptors (Lipinski definition) is 7. The molecule has 0 atom stereocenters. The molecule has 9 heteroatoms. The smallest absolute Gasteiger partial charge is 0.315 e. The van der Waals surface area contributed by atoms with Crippen molar-refractivity contribution in [3.8, 4) is 11.5 Å². The van der Waals surface area contributed by atoms with Crippen molar-refractivity contribution in [2.45, 2.75) is 13.8 Å². The average Bonchev–Trinajstić information content (AvgIpc) is 2.97. The molecule has 2 aromatic carbocycles. The lowest BCUT2D eigenvalue weighted by Gasteiger charge is -2.05. The summed E-state index contributed by atoms with van der Waals surface area (Å²) in [6, 6.07) is 8.41. The predicted molar refractivity (Wildman–Crippen MR) is 108 cm³/mol. The van der Waals surface area contributed by atoms with Crippen LogP contribution in [-0.2, 0) is 4.79 Å². The Labute approximate surface area is 165 Å². The van der Waals surface area contributed by atoms with E-state index in [1.807, 2.05) is 32.0 Å². The normalized spacial score (nSPS) is 16.5. The summed E-state index contributed by atoms with van der Waals surface area (Å²) >= 11 is 1.13. The van der Waals surface area contributed by atoms with Gasteiger partial charge in [-0.3, -0.25) is 14.9 Å². The van der Waals surface area contributed by atoms with E-state index in [0.717, 1.165) is 28.6 Å². The van der Waals surface area contributed by atoms with Gasteiger partial charge in [-0.25, -0.2) is 4.99 Å². The Morgan fingerprint density at radius 2 is 2.04 bits per heavy atom. The first-order valence-electron chi connectivity index (χ1n) is 8.20. The highest BCUT2D eigenvalue weighted by atomic mass is 32.2. The molecule has 0 bridgehead atoms. The van der Waals surface area contributed by atoms with Crippen molar-refractivity contribution in [3.05, 3.63) is 62.0 Å². The lowest BCUT2D eigenvalue weighted by atomic mass is 10.1. The first-order valence-corrected chi connectivity index (χ1v) is 9.02. The van der Waals surface area contributed by atoms with Crippen LogP contribution < -0.4 is 10.1 Å². The minimum atomic E-state index is -0.714. The number of nitro groups is 1. The van der Waals surface area contributed by atoms with Gasteiger partial charge in [0.2, 0.25) is 5.75 Å². The minimum Gasteiger partial charge on any atom is -0.500 e. The fourth-order valence-corrected chi connectivity index (χ4v) is 3.50. The zero-order valence-corrected chi connectivity index (χ0v) is 16.2. The molecule has 0 saturated carbocycles. The van der Waals surface area contributed by atoms with Gasteiger partial charge in [0.25, 0.3) is 5.91 Å². The quantitative estimate of drug-likeness (QED) is 0.459. The number of benzene rings is 2. The van der Waals surface area contributed by atoms with Gasteiger partial charge in [0.1, 0.15) is 0 Å². The zero-order valence-electron chi connectivity index (χ0n) is 15.3. The summed E-state index contributed by atoms with van der Waals surface area (Å²) in [7, 11) is 1.29. The summed E-state index contributed by atoms with van der Waals surface area (Å²) in [4.78, 5) is 27.5. The lowest BCUT2D eigenvalue weighted by Crippen LogP contribution is -2.19. The highest BCUT2D eigenvalue weighted by Gasteiger charge is 2.25. The molecule has 1 aliphatic heterocycles. The Balaban J connectivity index is 1.94. The van der Waals surface area contributed by atoms with Crippen LogP contribution in [0.2, 0.25) is 0 Å². The molecule has 1 aliphatic rings. The molecule has 2 N–H and O–H groups in total. The van der Waals surface area contributed by atoms with Gasteiger partial charge in [0.05, 0.1) is 22.6 Å². The molecule has 0 aromatic heterocycles. The van der Waals surface area contributed by atoms with Gasteiger partial charge >= 0.3 is 5.69 Å². The number of nitrogens with one attached hydrogen (secondary N) is 1. The molecule has 1 amide bonds. The molecule has 0 unspecified atom stereocenters. The number of aliphatic imine (C=N–C) groups is 1. The molecule has 1 saturated heterocycles. The summed E-state index contributed by atoms with van der Waals surface area (Å²) < 4.78 is 4.98. The number of thioether (sulfide) groups is 1. The second-order valence-electron chi connectivity index (χ2n) is 6.12. The number of nitrogens with zero attached hydrogens (tertiary/aromatic N) is 2. The Morgan fingerprint density at radius 3 is 2.68 bits per heavy atom. The number of carbonyl (C=O) groups excluding carboxylic acids is 1. The predicted octanol–water partition coefficient (Wildman–Crippen LogP) is 3.82. The van der Waals surface area contributed by atoms with Crippen molar-refractivity contribution in [1.29, 1.82) is 0 Å². The van der Waals surface area contributed by atoms with E-state index in [9.17, 15) is 20.0 Å². The number of phenols is 1. The Hall–Kier alpha value is -3.33. The lowest BCUT2D eigenvalue weighted by molar-refractivity contribution is -0.386. The van der Waals surface area contributed by atoms with Crippen molar-refractivity contribution in [1.82, 2.24) is 5.32 Å². The number of amides is 1. The first-order chi connectivity index (χ1) is 13.3. The Bertz CT molecular complexity index is 1050. The largest absolute Gasteiger partial charge is 0.500 e. The average molecular weight is 399 g/mol. The van der Waals surface area contributed by atoms with Crippen molar-refractivity contribution < 1.29 is 19.6 Å². The maximum atomic E-state index is 12.3. The topological polar surface area (TPSA) is 114 Å². The van der Waals surface area contributed by atoms with Crippen LogP contribution in [0.5, 0.6) is 11.5 Å². The van der Waals surface area contributed by atoms with Crippen LogP contribution in [0, 0.1) is 24.0 Å². The van der Waals surface area contributed by atoms with Crippen molar-refractivity contribution in [2.24, 2.45) is 4.99 Å². The summed E-state index contributed by atoms with van der Waals surface area (Å²) in [5, 5.41) is 24.1. The summed E-state index contributed by atoms with van der Waals surface area (Å²) in [6.07, 6.45) is 1.49. The first kappa shape index (κ1) is 19.4. The number of ether oxygens (including phenoxy) is 1. The third kappa shape index (κ3) is 3.99. The standard InChI is InChI=1S/C19H17N3O5S/c1-10-4-5-13(11(2)6-10)20-19-21-18(24)16(28-19)9-12-7-14(22(25)26)17(23)15(8-12)27-3/h4-9,23H,1-3H3,(H,20,21,24)/b16-9-. The third-order valence-corrected chi connectivity index (χ3v) is 4.93. The van der Waals surface area contributed by atoms with Crippen molar-refractivity contribution >= 4 is 40.3 Å². The van der Waals surface area contributed by atoms with Crippen LogP contribution in [0.15, 0.2) is 40.2 Å². The van der Waals surface area contributed by atoms with E-state index in [0.29, 0.717) is 15.6 Å². The van der Waals surface area contributed by atoms with E-state index in [1.54, 1.807) is 0 Å². The van der Waals surface area contributed by atoms with Crippen LogP contribution in [-0.4, -0.2) is 28.2 Å². The molecule has 1 fully saturated rings. The molecule has 0 spiro atoms. The Morgan fingerprint density at radius 1 is 1.29 bits per heavy atom. The van der Waals surface area contributed by atoms with Crippen molar-refractivity contribution in [3.63, 3.8) is 0 Å². The van der Waals surface area contributed by atoms with E-state index in [1.165, 1.54) is 25.3 Å². The van der Waals surface area contributed by atoms with Gasteiger partial charge in [-0.2, -0.15) is 0 Å². The Kier molecular flexibility index (Phi) is 5.36. The fourth-order valence-electron chi connectivity index (χ4n) is 2.66. The number of aryl methyl sites for hydroxylation is 2. The molecule has 0 radical (unpaired) electrons. The van der Waals surface area contributed by atoms with Gasteiger partial charge in [0, 0.05) is 6.07 Å². The van der Waals surface area contributed by atoms with Crippen LogP contribution in [0.1, 0.15) is 16.7 Å². The molecule has 2 aromatic rings. The van der Waals surface area contributed by atoms with Crippen LogP contribution in [0.25, 0.3) is 6.08 Å². The number of phenolic OH excluding ortho intramolecular Hbond substituents is 1. The van der Waals surface area contributed by atoms with Gasteiger partial charge in [0.15, 0.2) is 10.9 Å². The molecule has 28 heavy (non-hydrogen) atoms. The zero-order chi connectivity index (χ0) is 20.4. The second kappa shape index (κ2) is 7.73. The number of hydrogen-bond donors (Lipinski definition) is 2. The van der Waals surface area contributed by atoms with Gasteiger partial charge < -0.3 is 15.2 Å². The summed E-state index contributed by atoms with van der Waals surface area (Å²) in [5.74, 6) is -0.966. The molecule has 1 heterocycles. The van der Waals surface area contributed by atoms with E-state index < -0.39 is 16.4 Å². The molecule has 0 aliphatic carbocycles. The van der Waals surface area contributed by atoms with Gasteiger partial charge in [-0.15, -0.1) is 0 Å². The molecule has 3 rings (SSSR count). The van der Waals surface area contributed by atoms with Gasteiger partial charge in [-0.05, 0) is 54.9 Å². The molecular formula is C19H17N3O5S. The maximum Gasteiger partial charge on any atom is 0.315 e. The highest BCUT2D eigenvalue weighted by molar-refractivity contribution is 8.18. The van der Waals surface area contributed by atoms with E-state index in [2.05, 4.69) is 10.3 Å². The summed E-state index contributed by atoms with van der Waals surface area (Å²) in [6.45, 7) is 3.93. The SMILES string of the molecule is COc1cc(/C=C2\SC(=Nc3ccc(C)cc3C)NC2=O)cc([N+](=O)[O-])c1O. The number of carbonyl (C=O) groups is 1. The summed E-state index contributed by atoms with van der Waals surface area (Å²) in [5.41, 5.74) is 2.70. The fraction of sp³-hybridized carbons (Fsp3) is 0.158. The van der Waals surface area contributed by atoms with Crippen LogP contribution in [0.3, 0.4) is 0 Å². The van der Waals surface area contributed by atoms with Crippen LogP contribution >= 0.6 is 11.8 Å². The molecule has 144 valence electrons. The van der Waals surface area contributed by atoms with E-state index in [4.69, 9.17) is 4.74 Å². The number of amidine groups is 1. The van der Waals surface area contributed by atoms with Crippen molar-refractivity contribution in [2.75, 3.05) is 7.11 Å². The van der Waals surface area contributed by atoms with E-state index >= 15 is 0 Å². The number of nitro benzene ring substituents is 1. The van der Waals surface area contributed by atoms with E-state index in [-0.39, 0.29) is 11.7 Å². The number of aromatic hydroxyl groups is 1. The number of methoxy groups -OCH3 is 1. The second-order valence-corrected chi connectivity index (χ2v) is 7.15. The monoisotopic (exact) mass is 399 g/mol. The maximum absolute atomic E-state index is 12.3.